The van der Waals surface area contributed by atoms with Gasteiger partial charge in [0.1, 0.15) is 18.7 Å². The topological polar surface area (TPSA) is 62.6 Å². The van der Waals surface area contributed by atoms with E-state index in [-0.39, 0.29) is 5.91 Å². The van der Waals surface area contributed by atoms with Crippen LogP contribution >= 0.6 is 0 Å². The highest BCUT2D eigenvalue weighted by Crippen LogP contribution is 2.27. The molecule has 0 unspecified atom stereocenters. The van der Waals surface area contributed by atoms with Crippen molar-refractivity contribution in [1.29, 1.82) is 0 Å². The Balaban J connectivity index is 1.23. The third-order valence-corrected chi connectivity index (χ3v) is 6.47. The standard InChI is InChI=1S/C28H31N5O2/c1-21(34)30-24-6-8-25(9-7-24)33-20-29-27-19-23(5-12-28(27)33)22-3-10-26(11-4-22)35-18-17-32-15-13-31(2)14-16-32/h3-12,19-20H,13-18H2,1-2H3,(H,30,34). The van der Waals surface area contributed by atoms with Crippen LogP contribution in [0.3, 0.4) is 0 Å². The van der Waals surface area contributed by atoms with Crippen LogP contribution in [0.15, 0.2) is 73.1 Å². The van der Waals surface area contributed by atoms with Gasteiger partial charge in [-0.3, -0.25) is 14.3 Å². The van der Waals surface area contributed by atoms with Gasteiger partial charge in [0.25, 0.3) is 0 Å². The molecule has 1 aliphatic rings. The molecule has 0 bridgehead atoms. The van der Waals surface area contributed by atoms with E-state index >= 15 is 0 Å². The van der Waals surface area contributed by atoms with Gasteiger partial charge in [-0.05, 0) is 66.7 Å². The van der Waals surface area contributed by atoms with Crippen LogP contribution in [0.4, 0.5) is 5.69 Å². The third kappa shape index (κ3) is 5.53. The Kier molecular flexibility index (Phi) is 6.79. The van der Waals surface area contributed by atoms with E-state index in [2.05, 4.69) is 57.5 Å². The number of likely N-dealkylation sites (N-methyl/N-ethyl adjacent to an activating group) is 1. The molecule has 2 heterocycles. The van der Waals surface area contributed by atoms with Crippen LogP contribution < -0.4 is 10.1 Å². The van der Waals surface area contributed by atoms with Crippen molar-refractivity contribution in [2.45, 2.75) is 6.92 Å². The van der Waals surface area contributed by atoms with Crippen LogP contribution in [-0.4, -0.2) is 71.6 Å². The molecule has 0 aliphatic carbocycles. The van der Waals surface area contributed by atoms with Crippen molar-refractivity contribution in [3.63, 3.8) is 0 Å². The Labute approximate surface area is 205 Å². The number of piperazine rings is 1. The molecule has 1 aromatic heterocycles. The molecule has 1 aliphatic heterocycles. The molecular formula is C28H31N5O2. The second-order valence-corrected chi connectivity index (χ2v) is 9.06. The number of hydrogen-bond donors (Lipinski definition) is 1. The number of hydrogen-bond acceptors (Lipinski definition) is 5. The van der Waals surface area contributed by atoms with E-state index in [1.807, 2.05) is 47.3 Å². The first-order chi connectivity index (χ1) is 17.0. The fourth-order valence-electron chi connectivity index (χ4n) is 4.41. The van der Waals surface area contributed by atoms with E-state index in [9.17, 15) is 4.79 Å². The van der Waals surface area contributed by atoms with Gasteiger partial charge in [0, 0.05) is 51.0 Å². The van der Waals surface area contributed by atoms with Gasteiger partial charge >= 0.3 is 0 Å². The molecule has 0 atom stereocenters. The number of fused-ring (bicyclic) bond motifs is 1. The molecule has 35 heavy (non-hydrogen) atoms. The normalized spacial score (nSPS) is 14.8. The van der Waals surface area contributed by atoms with Crippen molar-refractivity contribution < 1.29 is 9.53 Å². The number of benzene rings is 3. The monoisotopic (exact) mass is 469 g/mol. The number of anilines is 1. The largest absolute Gasteiger partial charge is 0.492 e. The average Bonchev–Trinajstić information content (AvgIpc) is 3.29. The summed E-state index contributed by atoms with van der Waals surface area (Å²) >= 11 is 0. The lowest BCUT2D eigenvalue weighted by molar-refractivity contribution is -0.114. The first-order valence-corrected chi connectivity index (χ1v) is 12.0. The molecule has 4 aromatic rings. The van der Waals surface area contributed by atoms with Crippen LogP contribution in [0.25, 0.3) is 27.8 Å². The van der Waals surface area contributed by atoms with Crippen molar-refractivity contribution in [2.75, 3.05) is 51.7 Å². The van der Waals surface area contributed by atoms with Crippen LogP contribution in [-0.2, 0) is 4.79 Å². The summed E-state index contributed by atoms with van der Waals surface area (Å²) in [6.45, 7) is 7.65. The highest BCUT2D eigenvalue weighted by molar-refractivity contribution is 5.89. The smallest absolute Gasteiger partial charge is 0.221 e. The number of aromatic nitrogens is 2. The molecule has 0 saturated carbocycles. The van der Waals surface area contributed by atoms with Gasteiger partial charge in [-0.15, -0.1) is 0 Å². The summed E-state index contributed by atoms with van der Waals surface area (Å²) in [6.07, 6.45) is 1.83. The number of carbonyl (C=O) groups is 1. The van der Waals surface area contributed by atoms with E-state index < -0.39 is 0 Å². The van der Waals surface area contributed by atoms with Crippen molar-refractivity contribution >= 4 is 22.6 Å². The summed E-state index contributed by atoms with van der Waals surface area (Å²) in [4.78, 5) is 20.7. The first kappa shape index (κ1) is 23.1. The molecule has 7 nitrogen and oxygen atoms in total. The predicted molar refractivity (Wildman–Crippen MR) is 140 cm³/mol. The van der Waals surface area contributed by atoms with Gasteiger partial charge in [-0.1, -0.05) is 18.2 Å². The van der Waals surface area contributed by atoms with Gasteiger partial charge in [-0.2, -0.15) is 0 Å². The Morgan fingerprint density at radius 2 is 1.66 bits per heavy atom. The molecule has 1 saturated heterocycles. The van der Waals surface area contributed by atoms with Crippen molar-refractivity contribution in [1.82, 2.24) is 19.4 Å². The maximum Gasteiger partial charge on any atom is 0.221 e. The van der Waals surface area contributed by atoms with Crippen LogP contribution in [0.5, 0.6) is 5.75 Å². The molecule has 180 valence electrons. The number of carbonyl (C=O) groups excluding carboxylic acids is 1. The van der Waals surface area contributed by atoms with Crippen molar-refractivity contribution in [3.05, 3.63) is 73.1 Å². The molecule has 3 aromatic carbocycles. The molecule has 1 N–H and O–H groups in total. The zero-order chi connectivity index (χ0) is 24.2. The lowest BCUT2D eigenvalue weighted by atomic mass is 10.0. The zero-order valence-electron chi connectivity index (χ0n) is 20.3. The maximum atomic E-state index is 11.2. The highest BCUT2D eigenvalue weighted by Gasteiger charge is 2.13. The van der Waals surface area contributed by atoms with Gasteiger partial charge in [0.05, 0.1) is 11.0 Å². The van der Waals surface area contributed by atoms with E-state index in [1.165, 1.54) is 6.92 Å². The summed E-state index contributed by atoms with van der Waals surface area (Å²) in [7, 11) is 2.17. The minimum Gasteiger partial charge on any atom is -0.492 e. The van der Waals surface area contributed by atoms with Crippen molar-refractivity contribution in [2.24, 2.45) is 0 Å². The number of nitrogens with zero attached hydrogens (tertiary/aromatic N) is 4. The quantitative estimate of drug-likeness (QED) is 0.438. The number of amides is 1. The van der Waals surface area contributed by atoms with Crippen LogP contribution in [0, 0.1) is 0 Å². The summed E-state index contributed by atoms with van der Waals surface area (Å²) in [5.74, 6) is 0.819. The number of imidazole rings is 1. The number of nitrogens with one attached hydrogen (secondary N) is 1. The number of ether oxygens (including phenoxy) is 1. The number of rotatable bonds is 7. The summed E-state index contributed by atoms with van der Waals surface area (Å²) in [5, 5.41) is 2.80. The molecule has 7 heteroatoms. The zero-order valence-corrected chi connectivity index (χ0v) is 20.3. The Morgan fingerprint density at radius 3 is 2.37 bits per heavy atom. The highest BCUT2D eigenvalue weighted by atomic mass is 16.5. The molecule has 5 rings (SSSR count). The lowest BCUT2D eigenvalue weighted by Crippen LogP contribution is -2.45. The molecule has 0 spiro atoms. The van der Waals surface area contributed by atoms with Crippen LogP contribution in [0.1, 0.15) is 6.92 Å². The Morgan fingerprint density at radius 1 is 0.943 bits per heavy atom. The van der Waals surface area contributed by atoms with E-state index in [1.54, 1.807) is 0 Å². The predicted octanol–water partition coefficient (Wildman–Crippen LogP) is 4.28. The van der Waals surface area contributed by atoms with Gasteiger partial charge in [0.2, 0.25) is 5.91 Å². The molecule has 0 radical (unpaired) electrons. The Bertz CT molecular complexity index is 1290. The maximum absolute atomic E-state index is 11.2. The van der Waals surface area contributed by atoms with E-state index in [0.29, 0.717) is 6.61 Å². The minimum atomic E-state index is -0.0800. The van der Waals surface area contributed by atoms with E-state index in [4.69, 9.17) is 4.74 Å². The fourth-order valence-corrected chi connectivity index (χ4v) is 4.41. The minimum absolute atomic E-state index is 0.0800. The molecule has 1 amide bonds. The van der Waals surface area contributed by atoms with Gasteiger partial charge in [0.15, 0.2) is 0 Å². The summed E-state index contributed by atoms with van der Waals surface area (Å²) < 4.78 is 8.03. The lowest BCUT2D eigenvalue weighted by Gasteiger charge is -2.32. The fraction of sp³-hybridized carbons (Fsp3) is 0.286. The molecular weight excluding hydrogens is 438 g/mol. The first-order valence-electron chi connectivity index (χ1n) is 12.0. The van der Waals surface area contributed by atoms with Crippen LogP contribution in [0.2, 0.25) is 0 Å². The SMILES string of the molecule is CC(=O)Nc1ccc(-n2cnc3cc(-c4ccc(OCCN5CCN(C)CC5)cc4)ccc32)cc1. The summed E-state index contributed by atoms with van der Waals surface area (Å²) in [6, 6.07) is 22.4. The van der Waals surface area contributed by atoms with Gasteiger partial charge < -0.3 is 15.0 Å². The second-order valence-electron chi connectivity index (χ2n) is 9.06. The third-order valence-electron chi connectivity index (χ3n) is 6.47. The summed E-state index contributed by atoms with van der Waals surface area (Å²) in [5.41, 5.74) is 5.98. The molecule has 1 fully saturated rings. The van der Waals surface area contributed by atoms with Gasteiger partial charge in [-0.25, -0.2) is 4.98 Å². The van der Waals surface area contributed by atoms with Crippen molar-refractivity contribution in [3.8, 4) is 22.6 Å². The second kappa shape index (κ2) is 10.3. The van der Waals surface area contributed by atoms with E-state index in [0.717, 1.165) is 72.0 Å². The average molecular weight is 470 g/mol. The Hall–Kier alpha value is -3.68.